The summed E-state index contributed by atoms with van der Waals surface area (Å²) in [6.45, 7) is 5.65. The Bertz CT molecular complexity index is 1310. The monoisotopic (exact) mass is 431 g/mol. The highest BCUT2D eigenvalue weighted by Crippen LogP contribution is 2.41. The van der Waals surface area contributed by atoms with Crippen molar-refractivity contribution in [3.63, 3.8) is 0 Å². The predicted octanol–water partition coefficient (Wildman–Crippen LogP) is 5.08. The first-order chi connectivity index (χ1) is 15.1. The molecular weight excluding hydrogens is 406 g/mol. The number of likely N-dealkylation sites (tertiary alicyclic amines) is 1. The minimum atomic E-state index is 0.145. The molecule has 7 heteroatoms. The van der Waals surface area contributed by atoms with E-state index in [9.17, 15) is 4.79 Å². The molecule has 5 heterocycles. The number of hydrogen-bond acceptors (Lipinski definition) is 5. The molecule has 0 unspecified atom stereocenters. The van der Waals surface area contributed by atoms with Gasteiger partial charge in [0.2, 0.25) is 0 Å². The van der Waals surface area contributed by atoms with Crippen molar-refractivity contribution in [3.8, 4) is 0 Å². The van der Waals surface area contributed by atoms with Crippen molar-refractivity contribution in [2.24, 2.45) is 0 Å². The molecule has 0 atom stereocenters. The number of amides is 1. The Labute approximate surface area is 184 Å². The Morgan fingerprint density at radius 2 is 1.94 bits per heavy atom. The van der Waals surface area contributed by atoms with Crippen molar-refractivity contribution in [2.45, 2.75) is 51.4 Å². The van der Waals surface area contributed by atoms with E-state index in [0.717, 1.165) is 63.8 Å². The van der Waals surface area contributed by atoms with E-state index in [1.54, 1.807) is 11.3 Å². The number of aromatic amines is 1. The van der Waals surface area contributed by atoms with E-state index in [1.807, 2.05) is 31.0 Å². The van der Waals surface area contributed by atoms with Crippen LogP contribution in [0.25, 0.3) is 21.3 Å². The Morgan fingerprint density at radius 3 is 2.71 bits per heavy atom. The number of piperidine rings is 1. The number of fused-ring (bicyclic) bond motifs is 2. The lowest BCUT2D eigenvalue weighted by molar-refractivity contribution is 0.0717. The molecule has 2 aliphatic rings. The quantitative estimate of drug-likeness (QED) is 0.491. The summed E-state index contributed by atoms with van der Waals surface area (Å²) in [4.78, 5) is 34.5. The number of aromatic nitrogens is 4. The van der Waals surface area contributed by atoms with Crippen LogP contribution in [0, 0.1) is 13.8 Å². The molecule has 1 saturated heterocycles. The van der Waals surface area contributed by atoms with Crippen molar-refractivity contribution >= 4 is 38.5 Å². The fourth-order valence-corrected chi connectivity index (χ4v) is 6.15. The van der Waals surface area contributed by atoms with Gasteiger partial charge >= 0.3 is 0 Å². The molecule has 31 heavy (non-hydrogen) atoms. The predicted molar refractivity (Wildman–Crippen MR) is 123 cm³/mol. The molecule has 158 valence electrons. The maximum absolute atomic E-state index is 13.4. The number of aryl methyl sites for hydroxylation is 2. The summed E-state index contributed by atoms with van der Waals surface area (Å²) in [7, 11) is 0. The van der Waals surface area contributed by atoms with E-state index < -0.39 is 0 Å². The van der Waals surface area contributed by atoms with Gasteiger partial charge in [-0.05, 0) is 68.7 Å². The van der Waals surface area contributed by atoms with Gasteiger partial charge in [-0.15, -0.1) is 11.3 Å². The van der Waals surface area contributed by atoms with E-state index in [4.69, 9.17) is 9.97 Å². The summed E-state index contributed by atoms with van der Waals surface area (Å²) in [5.41, 5.74) is 4.31. The molecule has 6 rings (SSSR count). The van der Waals surface area contributed by atoms with Gasteiger partial charge in [0, 0.05) is 42.2 Å². The van der Waals surface area contributed by atoms with E-state index in [0.29, 0.717) is 11.8 Å². The molecule has 4 aromatic heterocycles. The van der Waals surface area contributed by atoms with E-state index in [1.165, 1.54) is 23.8 Å². The fraction of sp³-hybridized carbons (Fsp3) is 0.417. The van der Waals surface area contributed by atoms with Crippen molar-refractivity contribution < 1.29 is 4.79 Å². The molecule has 0 bridgehead atoms. The average Bonchev–Trinajstić information content (AvgIpc) is 3.47. The maximum Gasteiger partial charge on any atom is 0.264 e. The van der Waals surface area contributed by atoms with Gasteiger partial charge in [-0.1, -0.05) is 0 Å². The second-order valence-electron chi connectivity index (χ2n) is 8.89. The van der Waals surface area contributed by atoms with Crippen molar-refractivity contribution in [3.05, 3.63) is 52.0 Å². The molecule has 4 aromatic rings. The number of nitrogens with one attached hydrogen (secondary N) is 1. The van der Waals surface area contributed by atoms with Gasteiger partial charge in [-0.3, -0.25) is 4.79 Å². The number of thiophene rings is 1. The highest BCUT2D eigenvalue weighted by molar-refractivity contribution is 7.20. The lowest BCUT2D eigenvalue weighted by Crippen LogP contribution is -2.37. The topological polar surface area (TPSA) is 74.8 Å². The van der Waals surface area contributed by atoms with E-state index in [-0.39, 0.29) is 5.91 Å². The summed E-state index contributed by atoms with van der Waals surface area (Å²) < 4.78 is 0. The third-order valence-corrected chi connectivity index (χ3v) is 8.00. The Balaban J connectivity index is 1.23. The smallest absolute Gasteiger partial charge is 0.264 e. The number of H-pyrrole nitrogens is 1. The van der Waals surface area contributed by atoms with Gasteiger partial charge in [-0.25, -0.2) is 15.0 Å². The van der Waals surface area contributed by atoms with Gasteiger partial charge in [0.15, 0.2) is 0 Å². The van der Waals surface area contributed by atoms with Gasteiger partial charge in [0.25, 0.3) is 5.91 Å². The average molecular weight is 432 g/mol. The molecule has 6 nitrogen and oxygen atoms in total. The first kappa shape index (κ1) is 18.9. The minimum absolute atomic E-state index is 0.145. The number of pyridine rings is 1. The van der Waals surface area contributed by atoms with Crippen LogP contribution in [0.5, 0.6) is 0 Å². The van der Waals surface area contributed by atoms with Crippen LogP contribution < -0.4 is 0 Å². The number of hydrogen-bond donors (Lipinski definition) is 1. The van der Waals surface area contributed by atoms with Crippen molar-refractivity contribution in [2.75, 3.05) is 13.1 Å². The Hall–Kier alpha value is -2.80. The van der Waals surface area contributed by atoms with Crippen LogP contribution >= 0.6 is 11.3 Å². The van der Waals surface area contributed by atoms with Crippen LogP contribution in [-0.2, 0) is 0 Å². The fourth-order valence-electron chi connectivity index (χ4n) is 4.94. The number of carbonyl (C=O) groups excluding carboxylic acids is 1. The zero-order chi connectivity index (χ0) is 21.1. The first-order valence-corrected chi connectivity index (χ1v) is 11.9. The van der Waals surface area contributed by atoms with Gasteiger partial charge in [-0.2, -0.15) is 0 Å². The lowest BCUT2D eigenvalue weighted by Gasteiger charge is -2.32. The summed E-state index contributed by atoms with van der Waals surface area (Å²) in [6, 6.07) is 4.12. The second-order valence-corrected chi connectivity index (χ2v) is 9.89. The normalized spacial score (nSPS) is 17.7. The summed E-state index contributed by atoms with van der Waals surface area (Å²) in [5.74, 6) is 2.08. The van der Waals surface area contributed by atoms with Crippen LogP contribution in [0.1, 0.15) is 69.8 Å². The molecule has 0 spiro atoms. The van der Waals surface area contributed by atoms with Crippen LogP contribution in [-0.4, -0.2) is 43.8 Å². The first-order valence-electron chi connectivity index (χ1n) is 11.1. The third kappa shape index (κ3) is 3.14. The molecule has 0 radical (unpaired) electrons. The SMILES string of the molecule is Cc1nc(C2CC2)nc2sc(C(=O)N3CCC(c4c[nH]c5ncccc45)CC3)c(C)c12. The molecule has 1 amide bonds. The molecule has 1 aliphatic carbocycles. The zero-order valence-electron chi connectivity index (χ0n) is 17.8. The second kappa shape index (κ2) is 7.12. The zero-order valence-corrected chi connectivity index (χ0v) is 18.6. The van der Waals surface area contributed by atoms with Gasteiger partial charge in [0.1, 0.15) is 16.3 Å². The van der Waals surface area contributed by atoms with Crippen molar-refractivity contribution in [1.82, 2.24) is 24.8 Å². The molecular formula is C24H25N5OS. The molecule has 2 fully saturated rings. The van der Waals surface area contributed by atoms with Crippen molar-refractivity contribution in [1.29, 1.82) is 0 Å². The Kier molecular flexibility index (Phi) is 4.35. The molecule has 1 aliphatic heterocycles. The van der Waals surface area contributed by atoms with Crippen LogP contribution in [0.4, 0.5) is 0 Å². The maximum atomic E-state index is 13.4. The molecule has 0 aromatic carbocycles. The molecule has 1 N–H and O–H groups in total. The highest BCUT2D eigenvalue weighted by atomic mass is 32.1. The largest absolute Gasteiger partial charge is 0.346 e. The van der Waals surface area contributed by atoms with Crippen LogP contribution in [0.2, 0.25) is 0 Å². The summed E-state index contributed by atoms with van der Waals surface area (Å²) >= 11 is 1.54. The van der Waals surface area contributed by atoms with Crippen LogP contribution in [0.3, 0.4) is 0 Å². The van der Waals surface area contributed by atoms with Gasteiger partial charge in [0.05, 0.1) is 10.6 Å². The Morgan fingerprint density at radius 1 is 1.13 bits per heavy atom. The summed E-state index contributed by atoms with van der Waals surface area (Å²) in [5, 5.41) is 2.27. The lowest BCUT2D eigenvalue weighted by atomic mass is 9.89. The van der Waals surface area contributed by atoms with E-state index in [2.05, 4.69) is 22.2 Å². The minimum Gasteiger partial charge on any atom is -0.346 e. The van der Waals surface area contributed by atoms with Gasteiger partial charge < -0.3 is 9.88 Å². The van der Waals surface area contributed by atoms with Crippen LogP contribution in [0.15, 0.2) is 24.5 Å². The number of rotatable bonds is 3. The highest BCUT2D eigenvalue weighted by Gasteiger charge is 2.31. The standard InChI is InChI=1S/C24H25N5OS/c1-13-19-14(2)27-21(16-5-6-16)28-23(19)31-20(13)24(30)29-10-7-15(8-11-29)18-12-26-22-17(18)4-3-9-25-22/h3-4,9,12,15-16H,5-8,10-11H2,1-2H3,(H,25,26). The molecule has 1 saturated carbocycles. The third-order valence-electron chi connectivity index (χ3n) is 6.83. The van der Waals surface area contributed by atoms with E-state index >= 15 is 0 Å². The summed E-state index contributed by atoms with van der Waals surface area (Å²) in [6.07, 6.45) is 8.22. The number of carbonyl (C=O) groups is 1. The number of nitrogens with zero attached hydrogens (tertiary/aromatic N) is 4.